The normalized spacial score (nSPS) is 9.42. The van der Waals surface area contributed by atoms with Crippen LogP contribution in [0.1, 0.15) is 0 Å². The van der Waals surface area contributed by atoms with Gasteiger partial charge in [-0.25, -0.2) is 5.11 Å². The summed E-state index contributed by atoms with van der Waals surface area (Å²) in [6.45, 7) is -0.0405. The Balaban J connectivity index is 2.73. The maximum atomic E-state index is 10.5. The summed E-state index contributed by atoms with van der Waals surface area (Å²) in [4.78, 5) is 11.9. The second kappa shape index (κ2) is 4.51. The average molecular weight is 164 g/mol. The van der Waals surface area contributed by atoms with Crippen molar-refractivity contribution in [2.75, 3.05) is 18.1 Å². The molecule has 0 aliphatic heterocycles. The molecule has 1 rings (SSSR count). The van der Waals surface area contributed by atoms with Crippen LogP contribution in [0.4, 0.5) is 5.69 Å². The SMILES string of the molecule is [O]CCN(C=O)c1ccccc1. The summed E-state index contributed by atoms with van der Waals surface area (Å²) in [5, 5.41) is 10.3. The lowest BCUT2D eigenvalue weighted by atomic mass is 10.3. The maximum absolute atomic E-state index is 10.5. The minimum Gasteiger partial charge on any atom is -0.313 e. The Bertz CT molecular complexity index is 236. The standard InChI is InChI=1S/C9H10NO2/c11-7-6-10(8-12)9-4-2-1-3-5-9/h1-5,8H,6-7H2. The lowest BCUT2D eigenvalue weighted by molar-refractivity contribution is -0.107. The molecule has 0 saturated carbocycles. The third kappa shape index (κ3) is 2.07. The van der Waals surface area contributed by atoms with E-state index in [1.165, 1.54) is 4.90 Å². The predicted octanol–water partition coefficient (Wildman–Crippen LogP) is 1.08. The van der Waals surface area contributed by atoms with Gasteiger partial charge >= 0.3 is 0 Å². The molecule has 0 heterocycles. The molecule has 0 bridgehead atoms. The minimum atomic E-state index is -0.270. The molecule has 12 heavy (non-hydrogen) atoms. The van der Waals surface area contributed by atoms with Crippen LogP contribution in [0.2, 0.25) is 0 Å². The van der Waals surface area contributed by atoms with Crippen molar-refractivity contribution >= 4 is 12.1 Å². The quantitative estimate of drug-likeness (QED) is 0.614. The molecule has 0 fully saturated rings. The second-order valence-electron chi connectivity index (χ2n) is 2.34. The van der Waals surface area contributed by atoms with Gasteiger partial charge in [0, 0.05) is 5.69 Å². The highest BCUT2D eigenvalue weighted by molar-refractivity contribution is 5.74. The van der Waals surface area contributed by atoms with E-state index in [0.29, 0.717) is 6.41 Å². The minimum absolute atomic E-state index is 0.230. The van der Waals surface area contributed by atoms with E-state index in [1.54, 1.807) is 12.1 Å². The number of hydrogen-bond acceptors (Lipinski definition) is 1. The molecule has 3 heteroatoms. The van der Waals surface area contributed by atoms with Crippen LogP contribution in [0.3, 0.4) is 0 Å². The van der Waals surface area contributed by atoms with Crippen LogP contribution in [-0.2, 0) is 9.90 Å². The highest BCUT2D eigenvalue weighted by Crippen LogP contribution is 2.09. The molecular weight excluding hydrogens is 154 g/mol. The van der Waals surface area contributed by atoms with E-state index >= 15 is 0 Å². The Morgan fingerprint density at radius 3 is 2.42 bits per heavy atom. The third-order valence-corrected chi connectivity index (χ3v) is 1.55. The topological polar surface area (TPSA) is 40.2 Å². The van der Waals surface area contributed by atoms with Gasteiger partial charge in [-0.05, 0) is 12.1 Å². The van der Waals surface area contributed by atoms with E-state index in [4.69, 9.17) is 0 Å². The third-order valence-electron chi connectivity index (χ3n) is 1.55. The molecule has 0 aliphatic rings. The summed E-state index contributed by atoms with van der Waals surface area (Å²) in [7, 11) is 0. The first-order chi connectivity index (χ1) is 5.88. The first-order valence-corrected chi connectivity index (χ1v) is 3.73. The Hall–Kier alpha value is -1.35. The molecule has 0 aliphatic carbocycles. The van der Waals surface area contributed by atoms with Gasteiger partial charge in [-0.1, -0.05) is 18.2 Å². The Morgan fingerprint density at radius 2 is 1.92 bits per heavy atom. The van der Waals surface area contributed by atoms with Crippen molar-refractivity contribution in [1.29, 1.82) is 0 Å². The summed E-state index contributed by atoms with van der Waals surface area (Å²) >= 11 is 0. The molecule has 1 amide bonds. The molecule has 63 valence electrons. The molecule has 0 unspecified atom stereocenters. The van der Waals surface area contributed by atoms with Crippen molar-refractivity contribution in [2.24, 2.45) is 0 Å². The zero-order valence-electron chi connectivity index (χ0n) is 6.64. The fourth-order valence-corrected chi connectivity index (χ4v) is 0.960. The van der Waals surface area contributed by atoms with Gasteiger partial charge in [0.05, 0.1) is 6.54 Å². The molecular formula is C9H10NO2. The first kappa shape index (κ1) is 8.74. The van der Waals surface area contributed by atoms with Crippen molar-refractivity contribution in [1.82, 2.24) is 0 Å². The molecule has 0 atom stereocenters. The van der Waals surface area contributed by atoms with Crippen LogP contribution >= 0.6 is 0 Å². The Kier molecular flexibility index (Phi) is 3.29. The van der Waals surface area contributed by atoms with Crippen LogP contribution in [0.15, 0.2) is 30.3 Å². The van der Waals surface area contributed by atoms with E-state index in [9.17, 15) is 9.90 Å². The Labute approximate surface area is 71.2 Å². The number of amides is 1. The zero-order valence-corrected chi connectivity index (χ0v) is 6.64. The summed E-state index contributed by atoms with van der Waals surface area (Å²) in [6, 6.07) is 9.12. The highest BCUT2D eigenvalue weighted by Gasteiger charge is 2.01. The molecule has 3 nitrogen and oxygen atoms in total. The summed E-state index contributed by atoms with van der Waals surface area (Å²) in [5.74, 6) is 0. The fraction of sp³-hybridized carbons (Fsp3) is 0.222. The molecule has 0 N–H and O–H groups in total. The smallest absolute Gasteiger partial charge is 0.214 e. The number of carbonyl (C=O) groups is 1. The molecule has 1 radical (unpaired) electrons. The van der Waals surface area contributed by atoms with Crippen LogP contribution in [-0.4, -0.2) is 19.6 Å². The Morgan fingerprint density at radius 1 is 1.25 bits per heavy atom. The van der Waals surface area contributed by atoms with Gasteiger partial charge in [0.1, 0.15) is 6.61 Å². The molecule has 1 aromatic rings. The number of rotatable bonds is 4. The van der Waals surface area contributed by atoms with E-state index < -0.39 is 0 Å². The second-order valence-corrected chi connectivity index (χ2v) is 2.34. The van der Waals surface area contributed by atoms with Crippen LogP contribution in [0.5, 0.6) is 0 Å². The fourth-order valence-electron chi connectivity index (χ4n) is 0.960. The van der Waals surface area contributed by atoms with E-state index in [1.807, 2.05) is 18.2 Å². The van der Waals surface area contributed by atoms with Crippen LogP contribution < -0.4 is 4.90 Å². The molecule has 0 saturated heterocycles. The van der Waals surface area contributed by atoms with Crippen molar-refractivity contribution in [2.45, 2.75) is 0 Å². The molecule has 0 aromatic heterocycles. The van der Waals surface area contributed by atoms with Gasteiger partial charge in [-0.15, -0.1) is 0 Å². The van der Waals surface area contributed by atoms with E-state index in [0.717, 1.165) is 5.69 Å². The number of anilines is 1. The number of para-hydroxylation sites is 1. The predicted molar refractivity (Wildman–Crippen MR) is 45.4 cm³/mol. The lowest BCUT2D eigenvalue weighted by Gasteiger charge is -2.14. The largest absolute Gasteiger partial charge is 0.313 e. The van der Waals surface area contributed by atoms with Gasteiger partial charge in [0.25, 0.3) is 0 Å². The summed E-state index contributed by atoms with van der Waals surface area (Å²) in [5.41, 5.74) is 0.767. The summed E-state index contributed by atoms with van der Waals surface area (Å²) in [6.07, 6.45) is 0.674. The molecule has 1 aromatic carbocycles. The summed E-state index contributed by atoms with van der Waals surface area (Å²) < 4.78 is 0. The maximum Gasteiger partial charge on any atom is 0.214 e. The lowest BCUT2D eigenvalue weighted by Crippen LogP contribution is -2.24. The van der Waals surface area contributed by atoms with Gasteiger partial charge < -0.3 is 4.90 Å². The van der Waals surface area contributed by atoms with E-state index in [-0.39, 0.29) is 13.2 Å². The van der Waals surface area contributed by atoms with Gasteiger partial charge in [-0.3, -0.25) is 4.79 Å². The number of nitrogens with zero attached hydrogens (tertiary/aromatic N) is 1. The van der Waals surface area contributed by atoms with Crippen molar-refractivity contribution in [3.05, 3.63) is 30.3 Å². The monoisotopic (exact) mass is 164 g/mol. The highest BCUT2D eigenvalue weighted by atomic mass is 16.3. The van der Waals surface area contributed by atoms with Crippen molar-refractivity contribution in [3.8, 4) is 0 Å². The van der Waals surface area contributed by atoms with Gasteiger partial charge in [0.2, 0.25) is 6.41 Å². The van der Waals surface area contributed by atoms with Crippen LogP contribution in [0.25, 0.3) is 0 Å². The van der Waals surface area contributed by atoms with Gasteiger partial charge in [0.15, 0.2) is 0 Å². The first-order valence-electron chi connectivity index (χ1n) is 3.73. The number of carbonyl (C=O) groups excluding carboxylic acids is 1. The molecule has 0 spiro atoms. The van der Waals surface area contributed by atoms with E-state index in [2.05, 4.69) is 0 Å². The zero-order chi connectivity index (χ0) is 8.81. The average Bonchev–Trinajstić information content (AvgIpc) is 2.15. The number of benzene rings is 1. The van der Waals surface area contributed by atoms with Gasteiger partial charge in [-0.2, -0.15) is 0 Å². The number of hydrogen-bond donors (Lipinski definition) is 0. The van der Waals surface area contributed by atoms with Crippen molar-refractivity contribution in [3.63, 3.8) is 0 Å². The van der Waals surface area contributed by atoms with Crippen molar-refractivity contribution < 1.29 is 9.90 Å². The van der Waals surface area contributed by atoms with Crippen LogP contribution in [0, 0.1) is 0 Å².